The highest BCUT2D eigenvalue weighted by Crippen LogP contribution is 2.38. The van der Waals surface area contributed by atoms with Gasteiger partial charge in [0, 0.05) is 15.6 Å². The van der Waals surface area contributed by atoms with Crippen molar-refractivity contribution in [2.45, 2.75) is 19.2 Å². The molecule has 0 amide bonds. The van der Waals surface area contributed by atoms with Crippen molar-refractivity contribution in [3.05, 3.63) is 68.4 Å². The monoisotopic (exact) mass is 316 g/mol. The normalized spacial score (nSPS) is 12.5. The van der Waals surface area contributed by atoms with Crippen molar-refractivity contribution in [2.75, 3.05) is 0 Å². The molecule has 4 heteroatoms. The number of hydrogen-bond donors (Lipinski definition) is 0. The van der Waals surface area contributed by atoms with Crippen LogP contribution >= 0.6 is 34.8 Å². The number of hydrogen-bond acceptors (Lipinski definition) is 0. The summed E-state index contributed by atoms with van der Waals surface area (Å²) in [6, 6.07) is 8.25. The van der Waals surface area contributed by atoms with Gasteiger partial charge in [-0.1, -0.05) is 35.3 Å². The van der Waals surface area contributed by atoms with E-state index in [2.05, 4.69) is 0 Å². The molecule has 2 aromatic rings. The van der Waals surface area contributed by atoms with Gasteiger partial charge in [-0.05, 0) is 48.7 Å². The van der Waals surface area contributed by atoms with Gasteiger partial charge >= 0.3 is 0 Å². The highest BCUT2D eigenvalue weighted by atomic mass is 35.5. The lowest BCUT2D eigenvalue weighted by molar-refractivity contribution is 0.612. The molecule has 1 atom stereocenters. The fourth-order valence-electron chi connectivity index (χ4n) is 1.98. The minimum absolute atomic E-state index is 0.302. The third-order valence-corrected chi connectivity index (χ3v) is 4.26. The largest absolute Gasteiger partial charge is 0.207 e. The Morgan fingerprint density at radius 3 is 2.32 bits per heavy atom. The molecule has 0 aliphatic rings. The van der Waals surface area contributed by atoms with E-state index in [4.69, 9.17) is 34.8 Å². The minimum atomic E-state index is -0.635. The average molecular weight is 318 g/mol. The van der Waals surface area contributed by atoms with Crippen molar-refractivity contribution in [3.63, 3.8) is 0 Å². The third kappa shape index (κ3) is 2.89. The number of halogens is 4. The van der Waals surface area contributed by atoms with Crippen LogP contribution in [0.15, 0.2) is 30.3 Å². The summed E-state index contributed by atoms with van der Waals surface area (Å²) in [4.78, 5) is 0. The molecule has 0 fully saturated rings. The van der Waals surface area contributed by atoms with Crippen LogP contribution in [0.3, 0.4) is 0 Å². The molecule has 2 aromatic carbocycles. The van der Waals surface area contributed by atoms with Crippen molar-refractivity contribution in [2.24, 2.45) is 0 Å². The number of rotatable bonds is 2. The van der Waals surface area contributed by atoms with Gasteiger partial charge in [-0.25, -0.2) is 4.39 Å². The first-order valence-electron chi connectivity index (χ1n) is 5.76. The van der Waals surface area contributed by atoms with E-state index in [1.54, 1.807) is 12.1 Å². The zero-order chi connectivity index (χ0) is 14.2. The first-order valence-corrected chi connectivity index (χ1v) is 6.95. The molecule has 0 aliphatic heterocycles. The van der Waals surface area contributed by atoms with E-state index in [-0.39, 0.29) is 0 Å². The van der Waals surface area contributed by atoms with Crippen LogP contribution in [0.5, 0.6) is 0 Å². The fraction of sp³-hybridized carbons (Fsp3) is 0.200. The summed E-state index contributed by atoms with van der Waals surface area (Å²) in [5.41, 5.74) is 2.93. The maximum absolute atomic E-state index is 13.9. The maximum Gasteiger partial charge on any atom is 0.129 e. The number of alkyl halides is 1. The molecule has 100 valence electrons. The predicted molar refractivity (Wildman–Crippen MR) is 80.0 cm³/mol. The van der Waals surface area contributed by atoms with Gasteiger partial charge in [0.15, 0.2) is 0 Å². The van der Waals surface area contributed by atoms with E-state index in [1.807, 2.05) is 26.0 Å². The molecule has 0 heterocycles. The lowest BCUT2D eigenvalue weighted by atomic mass is 9.97. The first kappa shape index (κ1) is 14.6. The lowest BCUT2D eigenvalue weighted by Crippen LogP contribution is -2.01. The summed E-state index contributed by atoms with van der Waals surface area (Å²) in [6.07, 6.45) is 0. The molecule has 0 aliphatic carbocycles. The zero-order valence-electron chi connectivity index (χ0n) is 10.5. The van der Waals surface area contributed by atoms with Gasteiger partial charge < -0.3 is 0 Å². The van der Waals surface area contributed by atoms with E-state index in [0.29, 0.717) is 15.6 Å². The van der Waals surface area contributed by atoms with E-state index >= 15 is 0 Å². The molecular weight excluding hydrogens is 306 g/mol. The Kier molecular flexibility index (Phi) is 4.39. The van der Waals surface area contributed by atoms with E-state index in [9.17, 15) is 4.39 Å². The Labute approximate surface area is 127 Å². The topological polar surface area (TPSA) is 0 Å². The van der Waals surface area contributed by atoms with Gasteiger partial charge in [0.25, 0.3) is 0 Å². The molecule has 0 N–H and O–H groups in total. The first-order chi connectivity index (χ1) is 8.91. The molecule has 2 rings (SSSR count). The van der Waals surface area contributed by atoms with E-state index < -0.39 is 11.2 Å². The molecule has 19 heavy (non-hydrogen) atoms. The SMILES string of the molecule is Cc1cc(C(Cl)c2c(F)cccc2Cl)c(C)cc1Cl. The second-order valence-corrected chi connectivity index (χ2v) is 5.71. The highest BCUT2D eigenvalue weighted by Gasteiger charge is 2.20. The Balaban J connectivity index is 2.56. The predicted octanol–water partition coefficient (Wildman–Crippen LogP) is 6.08. The molecule has 0 saturated carbocycles. The Bertz CT molecular complexity index is 603. The van der Waals surface area contributed by atoms with Crippen molar-refractivity contribution >= 4 is 34.8 Å². The van der Waals surface area contributed by atoms with Crippen molar-refractivity contribution in [3.8, 4) is 0 Å². The summed E-state index contributed by atoms with van der Waals surface area (Å²) < 4.78 is 13.9. The van der Waals surface area contributed by atoms with Crippen LogP contribution in [0.25, 0.3) is 0 Å². The van der Waals surface area contributed by atoms with Crippen LogP contribution in [-0.4, -0.2) is 0 Å². The molecule has 1 unspecified atom stereocenters. The smallest absolute Gasteiger partial charge is 0.129 e. The van der Waals surface area contributed by atoms with Gasteiger partial charge in [-0.2, -0.15) is 0 Å². The van der Waals surface area contributed by atoms with Crippen LogP contribution in [-0.2, 0) is 0 Å². The summed E-state index contributed by atoms with van der Waals surface area (Å²) in [5, 5.41) is 0.362. The standard InChI is InChI=1S/C15H12Cl3F/c1-8-7-12(17)9(2)6-10(8)15(18)14-11(16)4-3-5-13(14)19/h3-7,15H,1-2H3. The molecule has 0 nitrogen and oxygen atoms in total. The summed E-state index contributed by atoms with van der Waals surface area (Å²) in [5.74, 6) is -0.403. The second kappa shape index (κ2) is 5.70. The van der Waals surface area contributed by atoms with Crippen LogP contribution in [0.1, 0.15) is 27.6 Å². The Morgan fingerprint density at radius 2 is 1.68 bits per heavy atom. The molecule has 0 aromatic heterocycles. The third-order valence-electron chi connectivity index (χ3n) is 3.07. The number of aryl methyl sites for hydroxylation is 2. The van der Waals surface area contributed by atoms with E-state index in [0.717, 1.165) is 16.7 Å². The van der Waals surface area contributed by atoms with Crippen molar-refractivity contribution < 1.29 is 4.39 Å². The molecule has 0 radical (unpaired) electrons. The van der Waals surface area contributed by atoms with Gasteiger partial charge in [0.05, 0.1) is 5.38 Å². The summed E-state index contributed by atoms with van der Waals surface area (Å²) in [6.45, 7) is 3.78. The Morgan fingerprint density at radius 1 is 1.00 bits per heavy atom. The Hall–Kier alpha value is -0.760. The summed E-state index contributed by atoms with van der Waals surface area (Å²) in [7, 11) is 0. The van der Waals surface area contributed by atoms with Gasteiger partial charge in [0.2, 0.25) is 0 Å². The maximum atomic E-state index is 13.9. The molecule has 0 spiro atoms. The van der Waals surface area contributed by atoms with E-state index in [1.165, 1.54) is 6.07 Å². The quantitative estimate of drug-likeness (QED) is 0.589. The van der Waals surface area contributed by atoms with Crippen LogP contribution < -0.4 is 0 Å². The van der Waals surface area contributed by atoms with Gasteiger partial charge in [0.1, 0.15) is 5.82 Å². The average Bonchev–Trinajstić information content (AvgIpc) is 2.33. The minimum Gasteiger partial charge on any atom is -0.207 e. The van der Waals surface area contributed by atoms with Crippen LogP contribution in [0, 0.1) is 19.7 Å². The van der Waals surface area contributed by atoms with Crippen molar-refractivity contribution in [1.82, 2.24) is 0 Å². The van der Waals surface area contributed by atoms with Crippen LogP contribution in [0.2, 0.25) is 10.0 Å². The molecule has 0 saturated heterocycles. The number of benzene rings is 2. The van der Waals surface area contributed by atoms with Gasteiger partial charge in [-0.15, -0.1) is 11.6 Å². The van der Waals surface area contributed by atoms with Crippen LogP contribution in [0.4, 0.5) is 4.39 Å². The van der Waals surface area contributed by atoms with Crippen molar-refractivity contribution in [1.29, 1.82) is 0 Å². The summed E-state index contributed by atoms with van der Waals surface area (Å²) >= 11 is 18.5. The fourth-order valence-corrected chi connectivity index (χ4v) is 2.99. The molecule has 0 bridgehead atoms. The highest BCUT2D eigenvalue weighted by molar-refractivity contribution is 6.33. The molecular formula is C15H12Cl3F. The zero-order valence-corrected chi connectivity index (χ0v) is 12.7. The van der Waals surface area contributed by atoms with Gasteiger partial charge in [-0.3, -0.25) is 0 Å². The second-order valence-electron chi connectivity index (χ2n) is 4.46. The lowest BCUT2D eigenvalue weighted by Gasteiger charge is -2.17.